The van der Waals surface area contributed by atoms with Crippen LogP contribution in [0.5, 0.6) is 0 Å². The van der Waals surface area contributed by atoms with Gasteiger partial charge in [0.25, 0.3) is 10.0 Å². The zero-order chi connectivity index (χ0) is 25.4. The van der Waals surface area contributed by atoms with Gasteiger partial charge >= 0.3 is 0 Å². The number of carbonyl (C=O) groups excluding carboxylic acids is 2. The lowest BCUT2D eigenvalue weighted by molar-refractivity contribution is -0.122. The lowest BCUT2D eigenvalue weighted by atomic mass is 10.0. The van der Waals surface area contributed by atoms with E-state index in [-0.39, 0.29) is 29.7 Å². The van der Waals surface area contributed by atoms with Gasteiger partial charge in [-0.05, 0) is 73.4 Å². The smallest absolute Gasteiger partial charge is 0.264 e. The molecule has 0 spiro atoms. The van der Waals surface area contributed by atoms with Crippen molar-refractivity contribution in [1.82, 2.24) is 0 Å². The van der Waals surface area contributed by atoms with Crippen LogP contribution in [-0.4, -0.2) is 33.3 Å². The zero-order valence-electron chi connectivity index (χ0n) is 19.8. The molecule has 7 nitrogen and oxygen atoms in total. The van der Waals surface area contributed by atoms with Crippen molar-refractivity contribution in [2.24, 2.45) is 5.92 Å². The first-order valence-corrected chi connectivity index (χ1v) is 13.6. The van der Waals surface area contributed by atoms with Gasteiger partial charge in [0, 0.05) is 35.9 Å². The van der Waals surface area contributed by atoms with E-state index in [4.69, 9.17) is 11.6 Å². The van der Waals surface area contributed by atoms with Gasteiger partial charge in [-0.15, -0.1) is 0 Å². The van der Waals surface area contributed by atoms with Gasteiger partial charge in [-0.3, -0.25) is 13.9 Å². The molecular formula is C27H26ClN3O4S. The number of hydrogen-bond acceptors (Lipinski definition) is 4. The number of nitrogens with one attached hydrogen (secondary N) is 1. The fourth-order valence-corrected chi connectivity index (χ4v) is 6.43. The molecule has 0 radical (unpaired) electrons. The van der Waals surface area contributed by atoms with E-state index in [1.165, 1.54) is 16.4 Å². The van der Waals surface area contributed by atoms with E-state index in [2.05, 4.69) is 5.32 Å². The zero-order valence-corrected chi connectivity index (χ0v) is 21.3. The van der Waals surface area contributed by atoms with Crippen molar-refractivity contribution in [3.05, 3.63) is 82.9 Å². The number of aryl methyl sites for hydroxylation is 2. The molecule has 0 bridgehead atoms. The minimum Gasteiger partial charge on any atom is -0.326 e. The molecule has 2 heterocycles. The van der Waals surface area contributed by atoms with Crippen LogP contribution in [0.2, 0.25) is 5.02 Å². The first kappa shape index (κ1) is 24.3. The molecule has 3 aromatic carbocycles. The summed E-state index contributed by atoms with van der Waals surface area (Å²) in [5.41, 5.74) is 3.79. The number of nitrogens with zero attached hydrogens (tertiary/aromatic N) is 2. The Kier molecular flexibility index (Phi) is 6.49. The number of benzene rings is 3. The number of anilines is 3. The number of halogens is 1. The monoisotopic (exact) mass is 523 g/mol. The van der Waals surface area contributed by atoms with Crippen molar-refractivity contribution in [2.75, 3.05) is 27.6 Å². The largest absolute Gasteiger partial charge is 0.326 e. The number of fused-ring (bicyclic) bond motifs is 1. The van der Waals surface area contributed by atoms with Crippen LogP contribution in [0.4, 0.5) is 17.1 Å². The van der Waals surface area contributed by atoms with E-state index in [0.717, 1.165) is 24.0 Å². The third kappa shape index (κ3) is 4.58. The van der Waals surface area contributed by atoms with Gasteiger partial charge in [-0.1, -0.05) is 35.9 Å². The molecule has 2 aliphatic heterocycles. The molecule has 36 heavy (non-hydrogen) atoms. The van der Waals surface area contributed by atoms with Crippen molar-refractivity contribution in [1.29, 1.82) is 0 Å². The van der Waals surface area contributed by atoms with Crippen molar-refractivity contribution in [3.63, 3.8) is 0 Å². The Hall–Kier alpha value is -3.36. The standard InChI is InChI=1S/C27H26ClN3O4S/c1-18-8-11-22(16-24(18)28)30-17-20(15-26(30)32)27(33)29-21-9-12-23(13-10-21)36(34,35)31-14-4-6-19-5-2-3-7-25(19)31/h2-3,5,7-13,16,20H,4,6,14-15,17H2,1H3,(H,29,33). The van der Waals surface area contributed by atoms with Gasteiger partial charge in [-0.25, -0.2) is 8.42 Å². The van der Waals surface area contributed by atoms with E-state index in [9.17, 15) is 18.0 Å². The molecule has 0 saturated carbocycles. The van der Waals surface area contributed by atoms with Gasteiger partial charge in [0.15, 0.2) is 0 Å². The number of hydrogen-bond donors (Lipinski definition) is 1. The topological polar surface area (TPSA) is 86.8 Å². The molecule has 1 atom stereocenters. The molecule has 1 fully saturated rings. The minimum atomic E-state index is -3.73. The Morgan fingerprint density at radius 1 is 1.06 bits per heavy atom. The van der Waals surface area contributed by atoms with Crippen LogP contribution in [0, 0.1) is 12.8 Å². The van der Waals surface area contributed by atoms with Crippen LogP contribution in [0.15, 0.2) is 71.6 Å². The molecule has 9 heteroatoms. The molecule has 2 aliphatic rings. The Morgan fingerprint density at radius 3 is 2.56 bits per heavy atom. The highest BCUT2D eigenvalue weighted by Gasteiger charge is 2.35. The quantitative estimate of drug-likeness (QED) is 0.521. The Balaban J connectivity index is 1.27. The first-order chi connectivity index (χ1) is 17.2. The summed E-state index contributed by atoms with van der Waals surface area (Å²) in [7, 11) is -3.73. The molecule has 186 valence electrons. The third-order valence-corrected chi connectivity index (χ3v) is 8.98. The normalized spacial score (nSPS) is 17.7. The summed E-state index contributed by atoms with van der Waals surface area (Å²) in [5, 5.41) is 3.38. The van der Waals surface area contributed by atoms with Crippen molar-refractivity contribution in [2.45, 2.75) is 31.1 Å². The number of para-hydroxylation sites is 1. The van der Waals surface area contributed by atoms with E-state index in [1.807, 2.05) is 43.3 Å². The minimum absolute atomic E-state index is 0.0954. The molecule has 1 N–H and O–H groups in total. The first-order valence-electron chi connectivity index (χ1n) is 11.8. The molecule has 0 aliphatic carbocycles. The van der Waals surface area contributed by atoms with E-state index >= 15 is 0 Å². The average Bonchev–Trinajstić information content (AvgIpc) is 3.27. The average molecular weight is 524 g/mol. The van der Waals surface area contributed by atoms with Crippen molar-refractivity contribution in [3.8, 4) is 0 Å². The highest BCUT2D eigenvalue weighted by molar-refractivity contribution is 7.92. The van der Waals surface area contributed by atoms with Crippen LogP contribution in [-0.2, 0) is 26.0 Å². The predicted octanol–water partition coefficient (Wildman–Crippen LogP) is 4.78. The van der Waals surface area contributed by atoms with Gasteiger partial charge in [0.1, 0.15) is 0 Å². The number of sulfonamides is 1. The molecule has 2 amide bonds. The van der Waals surface area contributed by atoms with Gasteiger partial charge in [0.05, 0.1) is 16.5 Å². The fraction of sp³-hybridized carbons (Fsp3) is 0.259. The third-order valence-electron chi connectivity index (χ3n) is 6.74. The van der Waals surface area contributed by atoms with Crippen molar-refractivity contribution < 1.29 is 18.0 Å². The summed E-state index contributed by atoms with van der Waals surface area (Å²) >= 11 is 6.20. The number of amides is 2. The van der Waals surface area contributed by atoms with Gasteiger partial charge in [0.2, 0.25) is 11.8 Å². The summed E-state index contributed by atoms with van der Waals surface area (Å²) in [6, 6.07) is 19.1. The molecule has 1 saturated heterocycles. The summed E-state index contributed by atoms with van der Waals surface area (Å²) < 4.78 is 28.1. The fourth-order valence-electron chi connectivity index (χ4n) is 4.71. The Bertz CT molecular complexity index is 1440. The summed E-state index contributed by atoms with van der Waals surface area (Å²) in [5.74, 6) is -0.950. The molecule has 1 unspecified atom stereocenters. The summed E-state index contributed by atoms with van der Waals surface area (Å²) in [6.45, 7) is 2.57. The molecular weight excluding hydrogens is 498 g/mol. The maximum Gasteiger partial charge on any atom is 0.264 e. The Labute approximate surface area is 215 Å². The maximum atomic E-state index is 13.3. The SMILES string of the molecule is Cc1ccc(N2CC(C(=O)Nc3ccc(S(=O)(=O)N4CCCc5ccccc54)cc3)CC2=O)cc1Cl. The van der Waals surface area contributed by atoms with Crippen LogP contribution < -0.4 is 14.5 Å². The summed E-state index contributed by atoms with van der Waals surface area (Å²) in [6.07, 6.45) is 1.71. The summed E-state index contributed by atoms with van der Waals surface area (Å²) in [4.78, 5) is 27.2. The highest BCUT2D eigenvalue weighted by Crippen LogP contribution is 2.33. The number of rotatable bonds is 5. The van der Waals surface area contributed by atoms with E-state index in [0.29, 0.717) is 28.6 Å². The number of carbonyl (C=O) groups is 2. The predicted molar refractivity (Wildman–Crippen MR) is 141 cm³/mol. The maximum absolute atomic E-state index is 13.3. The van der Waals surface area contributed by atoms with E-state index < -0.39 is 15.9 Å². The van der Waals surface area contributed by atoms with Crippen LogP contribution >= 0.6 is 11.6 Å². The molecule has 0 aromatic heterocycles. The second-order valence-corrected chi connectivity index (χ2v) is 11.4. The van der Waals surface area contributed by atoms with E-state index in [1.54, 1.807) is 23.1 Å². The van der Waals surface area contributed by atoms with Gasteiger partial charge < -0.3 is 10.2 Å². The lowest BCUT2D eigenvalue weighted by Gasteiger charge is -2.30. The van der Waals surface area contributed by atoms with Crippen LogP contribution in [0.1, 0.15) is 24.0 Å². The molecule has 3 aromatic rings. The second kappa shape index (κ2) is 9.59. The highest BCUT2D eigenvalue weighted by atomic mass is 35.5. The molecule has 5 rings (SSSR count). The Morgan fingerprint density at radius 2 is 1.81 bits per heavy atom. The van der Waals surface area contributed by atoms with Crippen LogP contribution in [0.3, 0.4) is 0 Å². The van der Waals surface area contributed by atoms with Crippen molar-refractivity contribution >= 4 is 50.5 Å². The lowest BCUT2D eigenvalue weighted by Crippen LogP contribution is -2.35. The van der Waals surface area contributed by atoms with Gasteiger partial charge in [-0.2, -0.15) is 0 Å². The second-order valence-electron chi connectivity index (χ2n) is 9.16. The van der Waals surface area contributed by atoms with Crippen LogP contribution in [0.25, 0.3) is 0 Å².